The molecule has 1 N–H and O–H groups in total. The summed E-state index contributed by atoms with van der Waals surface area (Å²) in [7, 11) is 0. The van der Waals surface area contributed by atoms with E-state index in [1.165, 1.54) is 12.1 Å². The molecule has 2 aromatic carbocycles. The van der Waals surface area contributed by atoms with Gasteiger partial charge >= 0.3 is 0 Å². The number of nitrogens with zero attached hydrogens (tertiary/aromatic N) is 3. The highest BCUT2D eigenvalue weighted by atomic mass is 19.1. The Morgan fingerprint density at radius 2 is 1.92 bits per heavy atom. The molecule has 0 aliphatic rings. The molecule has 3 aromatic rings. The summed E-state index contributed by atoms with van der Waals surface area (Å²) in [4.78, 5) is 24.4. The van der Waals surface area contributed by atoms with Crippen LogP contribution >= 0.6 is 0 Å². The third-order valence-electron chi connectivity index (χ3n) is 3.67. The van der Waals surface area contributed by atoms with Crippen LogP contribution in [-0.2, 0) is 11.3 Å². The first kappa shape index (κ1) is 15.8. The van der Waals surface area contributed by atoms with Crippen LogP contribution in [0.3, 0.4) is 0 Å². The molecule has 0 aliphatic carbocycles. The summed E-state index contributed by atoms with van der Waals surface area (Å²) < 4.78 is 14.0. The number of carbonyl (C=O) groups excluding carboxylic acids is 1. The number of rotatable bonds is 4. The van der Waals surface area contributed by atoms with Crippen LogP contribution in [0.25, 0.3) is 10.9 Å². The summed E-state index contributed by atoms with van der Waals surface area (Å²) in [6.07, 6.45) is 0. The number of aromatic nitrogens is 3. The lowest BCUT2D eigenvalue weighted by atomic mass is 10.1. The molecule has 0 radical (unpaired) electrons. The van der Waals surface area contributed by atoms with Gasteiger partial charge < -0.3 is 5.32 Å². The van der Waals surface area contributed by atoms with Crippen LogP contribution in [0, 0.1) is 5.82 Å². The molecule has 1 amide bonds. The van der Waals surface area contributed by atoms with Gasteiger partial charge in [0.05, 0.1) is 11.4 Å². The van der Waals surface area contributed by atoms with Gasteiger partial charge in [-0.3, -0.25) is 9.59 Å². The van der Waals surface area contributed by atoms with Crippen LogP contribution in [0.15, 0.2) is 53.3 Å². The minimum absolute atomic E-state index is 0.234. The van der Waals surface area contributed by atoms with Crippen molar-refractivity contribution < 1.29 is 9.18 Å². The smallest absolute Gasteiger partial charge is 0.278 e. The lowest BCUT2D eigenvalue weighted by molar-refractivity contribution is -0.122. The van der Waals surface area contributed by atoms with Gasteiger partial charge in [0.1, 0.15) is 17.9 Å². The van der Waals surface area contributed by atoms with Gasteiger partial charge in [-0.25, -0.2) is 9.07 Å². The number of hydrogen-bond donors (Lipinski definition) is 1. The molecule has 6 nitrogen and oxygen atoms in total. The van der Waals surface area contributed by atoms with E-state index >= 15 is 0 Å². The monoisotopic (exact) mass is 326 g/mol. The van der Waals surface area contributed by atoms with Crippen molar-refractivity contribution in [1.29, 1.82) is 0 Å². The second kappa shape index (κ2) is 6.57. The first-order valence-corrected chi connectivity index (χ1v) is 7.42. The summed E-state index contributed by atoms with van der Waals surface area (Å²) in [6.45, 7) is 1.54. The zero-order valence-corrected chi connectivity index (χ0v) is 12.9. The molecule has 3 rings (SSSR count). The number of fused-ring (bicyclic) bond motifs is 1. The van der Waals surface area contributed by atoms with E-state index in [0.29, 0.717) is 10.9 Å². The maximum absolute atomic E-state index is 12.9. The summed E-state index contributed by atoms with van der Waals surface area (Å²) in [5.41, 5.74) is 0.880. The second-order valence-corrected chi connectivity index (χ2v) is 5.41. The number of halogens is 1. The zero-order valence-electron chi connectivity index (χ0n) is 12.9. The first-order chi connectivity index (χ1) is 11.5. The Morgan fingerprint density at radius 3 is 2.67 bits per heavy atom. The fourth-order valence-corrected chi connectivity index (χ4v) is 2.38. The quantitative estimate of drug-likeness (QED) is 0.793. The average molecular weight is 326 g/mol. The molecule has 0 saturated heterocycles. The Balaban J connectivity index is 1.74. The Bertz CT molecular complexity index is 937. The summed E-state index contributed by atoms with van der Waals surface area (Å²) in [5.74, 6) is -0.714. The number of hydrogen-bond acceptors (Lipinski definition) is 4. The Labute approximate surface area is 136 Å². The van der Waals surface area contributed by atoms with E-state index in [2.05, 4.69) is 15.6 Å². The number of carbonyl (C=O) groups is 1. The third-order valence-corrected chi connectivity index (χ3v) is 3.67. The van der Waals surface area contributed by atoms with Crippen molar-refractivity contribution in [3.63, 3.8) is 0 Å². The van der Waals surface area contributed by atoms with Gasteiger partial charge in [-0.1, -0.05) is 29.5 Å². The van der Waals surface area contributed by atoms with Crippen LogP contribution < -0.4 is 10.9 Å². The van der Waals surface area contributed by atoms with Gasteiger partial charge in [-0.05, 0) is 36.8 Å². The lowest BCUT2D eigenvalue weighted by Crippen LogP contribution is -2.35. The van der Waals surface area contributed by atoms with Crippen molar-refractivity contribution >= 4 is 16.8 Å². The molecule has 122 valence electrons. The topological polar surface area (TPSA) is 76.9 Å². The number of amides is 1. The van der Waals surface area contributed by atoms with E-state index in [9.17, 15) is 14.0 Å². The van der Waals surface area contributed by atoms with Crippen LogP contribution in [0.1, 0.15) is 18.5 Å². The van der Waals surface area contributed by atoms with E-state index in [0.717, 1.165) is 10.2 Å². The van der Waals surface area contributed by atoms with E-state index < -0.39 is 0 Å². The van der Waals surface area contributed by atoms with E-state index in [1.807, 2.05) is 0 Å². The molecule has 1 aromatic heterocycles. The zero-order chi connectivity index (χ0) is 17.1. The normalized spacial score (nSPS) is 12.1. The van der Waals surface area contributed by atoms with Crippen LogP contribution in [0.4, 0.5) is 4.39 Å². The Morgan fingerprint density at radius 1 is 1.21 bits per heavy atom. The predicted octanol–water partition coefficient (Wildman–Crippen LogP) is 1.81. The van der Waals surface area contributed by atoms with Crippen molar-refractivity contribution in [3.8, 4) is 0 Å². The lowest BCUT2D eigenvalue weighted by Gasteiger charge is -2.14. The molecule has 0 spiro atoms. The molecular weight excluding hydrogens is 311 g/mol. The third kappa shape index (κ3) is 3.29. The van der Waals surface area contributed by atoms with Gasteiger partial charge in [-0.15, -0.1) is 5.10 Å². The van der Waals surface area contributed by atoms with E-state index in [1.54, 1.807) is 43.3 Å². The maximum atomic E-state index is 12.9. The Kier molecular flexibility index (Phi) is 4.33. The molecule has 7 heteroatoms. The van der Waals surface area contributed by atoms with Gasteiger partial charge in [0.15, 0.2) is 0 Å². The fraction of sp³-hybridized carbons (Fsp3) is 0.176. The highest BCUT2D eigenvalue weighted by Crippen LogP contribution is 2.12. The van der Waals surface area contributed by atoms with Crippen LogP contribution in [-0.4, -0.2) is 20.9 Å². The standard InChI is InChI=1S/C17H15FN4O2/c1-11(12-6-8-13(18)9-7-12)19-16(23)10-22-17(24)14-4-2-3-5-15(14)20-21-22/h2-9,11H,10H2,1H3,(H,19,23). The summed E-state index contributed by atoms with van der Waals surface area (Å²) in [5, 5.41) is 10.9. The first-order valence-electron chi connectivity index (χ1n) is 7.42. The van der Waals surface area contributed by atoms with Crippen molar-refractivity contribution in [1.82, 2.24) is 20.3 Å². The highest BCUT2D eigenvalue weighted by molar-refractivity contribution is 5.78. The molecule has 1 heterocycles. The molecule has 1 unspecified atom stereocenters. The van der Waals surface area contributed by atoms with Crippen molar-refractivity contribution in [2.75, 3.05) is 0 Å². The summed E-state index contributed by atoms with van der Waals surface area (Å²) >= 11 is 0. The average Bonchev–Trinajstić information content (AvgIpc) is 2.58. The van der Waals surface area contributed by atoms with E-state index in [4.69, 9.17) is 0 Å². The fourth-order valence-electron chi connectivity index (χ4n) is 2.38. The van der Waals surface area contributed by atoms with Crippen LogP contribution in [0.5, 0.6) is 0 Å². The van der Waals surface area contributed by atoms with Gasteiger partial charge in [-0.2, -0.15) is 0 Å². The Hall–Kier alpha value is -3.09. The largest absolute Gasteiger partial charge is 0.348 e. The van der Waals surface area contributed by atoms with Gasteiger partial charge in [0, 0.05) is 0 Å². The molecule has 0 fully saturated rings. The number of benzene rings is 2. The highest BCUT2D eigenvalue weighted by Gasteiger charge is 2.13. The molecular formula is C17H15FN4O2. The molecule has 0 saturated carbocycles. The SMILES string of the molecule is CC(NC(=O)Cn1nnc2ccccc2c1=O)c1ccc(F)cc1. The second-order valence-electron chi connectivity index (χ2n) is 5.41. The van der Waals surface area contributed by atoms with Crippen molar-refractivity contribution in [2.45, 2.75) is 19.5 Å². The summed E-state index contributed by atoms with van der Waals surface area (Å²) in [6, 6.07) is 12.4. The maximum Gasteiger partial charge on any atom is 0.278 e. The minimum Gasteiger partial charge on any atom is -0.348 e. The van der Waals surface area contributed by atoms with Gasteiger partial charge in [0.2, 0.25) is 5.91 Å². The van der Waals surface area contributed by atoms with Crippen molar-refractivity contribution in [3.05, 3.63) is 70.3 Å². The molecule has 24 heavy (non-hydrogen) atoms. The van der Waals surface area contributed by atoms with Crippen molar-refractivity contribution in [2.24, 2.45) is 0 Å². The predicted molar refractivity (Wildman–Crippen MR) is 86.8 cm³/mol. The number of nitrogens with one attached hydrogen (secondary N) is 1. The molecule has 1 atom stereocenters. The van der Waals surface area contributed by atoms with Gasteiger partial charge in [0.25, 0.3) is 5.56 Å². The molecule has 0 bridgehead atoms. The minimum atomic E-state index is -0.376. The van der Waals surface area contributed by atoms with Crippen LogP contribution in [0.2, 0.25) is 0 Å². The molecule has 0 aliphatic heterocycles. The van der Waals surface area contributed by atoms with E-state index in [-0.39, 0.29) is 29.9 Å².